The summed E-state index contributed by atoms with van der Waals surface area (Å²) < 4.78 is 4.48. The van der Waals surface area contributed by atoms with Crippen LogP contribution in [0, 0.1) is 0 Å². The monoisotopic (exact) mass is 248 g/mol. The van der Waals surface area contributed by atoms with Crippen molar-refractivity contribution in [1.82, 2.24) is 0 Å². The second-order valence-electron chi connectivity index (χ2n) is 3.00. The number of ether oxygens (including phenoxy) is 1. The molecule has 0 heterocycles. The molecule has 0 aliphatic rings. The fourth-order valence-electron chi connectivity index (χ4n) is 0.761. The summed E-state index contributed by atoms with van der Waals surface area (Å²) in [5.74, 6) is -1.08. The second kappa shape index (κ2) is 9.07. The Labute approximate surface area is 97.7 Å². The van der Waals surface area contributed by atoms with E-state index in [-0.39, 0.29) is 25.1 Å². The van der Waals surface area contributed by atoms with Gasteiger partial charge in [0.15, 0.2) is 0 Å². The fraction of sp³-hybridized carbons (Fsp3) is 0.600. The Morgan fingerprint density at radius 2 is 1.86 bits per heavy atom. The quantitative estimate of drug-likeness (QED) is 0.247. The van der Waals surface area contributed by atoms with Gasteiger partial charge in [0.05, 0.1) is 0 Å². The topological polar surface area (TPSA) is 43.4 Å². The largest absolute Gasteiger partial charge is 0.390 e. The minimum Gasteiger partial charge on any atom is -0.390 e. The number of rotatable bonds is 5. The Balaban J connectivity index is 0. The number of unbranched alkanes of at least 4 members (excludes halogenated alkanes) is 2. The third-order valence-electron chi connectivity index (χ3n) is 1.54. The first kappa shape index (κ1) is 16.0. The number of esters is 2. The first-order chi connectivity index (χ1) is 6.07. The van der Waals surface area contributed by atoms with Crippen LogP contribution < -0.4 is 0 Å². The summed E-state index contributed by atoms with van der Waals surface area (Å²) in [5.41, 5.74) is 0.254. The molecule has 0 aliphatic carbocycles. The van der Waals surface area contributed by atoms with Crippen LogP contribution in [0.3, 0.4) is 0 Å². The average Bonchev–Trinajstić information content (AvgIpc) is 2.04. The summed E-state index contributed by atoms with van der Waals surface area (Å²) in [4.78, 5) is 21.8. The minimum absolute atomic E-state index is 0. The molecule has 4 heteroatoms. The normalized spacial score (nSPS) is 8.71. The van der Waals surface area contributed by atoms with Crippen molar-refractivity contribution in [2.75, 3.05) is 0 Å². The van der Waals surface area contributed by atoms with Gasteiger partial charge in [-0.15, -0.1) is 0 Å². The first-order valence-electron chi connectivity index (χ1n) is 4.48. The molecule has 0 bridgehead atoms. The molecular formula is C10H16O3Zn. The van der Waals surface area contributed by atoms with Crippen molar-refractivity contribution in [3.05, 3.63) is 12.2 Å². The van der Waals surface area contributed by atoms with Gasteiger partial charge in [-0.25, -0.2) is 4.79 Å². The molecule has 0 atom stereocenters. The van der Waals surface area contributed by atoms with E-state index < -0.39 is 11.9 Å². The molecule has 0 spiro atoms. The van der Waals surface area contributed by atoms with Crippen LogP contribution in [0.2, 0.25) is 0 Å². The van der Waals surface area contributed by atoms with E-state index in [0.29, 0.717) is 6.42 Å². The van der Waals surface area contributed by atoms with Gasteiger partial charge in [-0.2, -0.15) is 0 Å². The van der Waals surface area contributed by atoms with Crippen LogP contribution >= 0.6 is 0 Å². The molecule has 0 saturated heterocycles. The molecule has 3 nitrogen and oxygen atoms in total. The predicted molar refractivity (Wildman–Crippen MR) is 50.1 cm³/mol. The van der Waals surface area contributed by atoms with E-state index in [2.05, 4.69) is 11.3 Å². The summed E-state index contributed by atoms with van der Waals surface area (Å²) in [6.07, 6.45) is 3.11. The molecular weight excluding hydrogens is 233 g/mol. The summed E-state index contributed by atoms with van der Waals surface area (Å²) in [7, 11) is 0. The molecule has 0 aliphatic heterocycles. The van der Waals surface area contributed by atoms with Crippen LogP contribution in [0.5, 0.6) is 0 Å². The Kier molecular flexibility index (Phi) is 10.3. The van der Waals surface area contributed by atoms with Gasteiger partial charge in [0.2, 0.25) is 0 Å². The number of carbonyl (C=O) groups is 2. The molecule has 0 aromatic heterocycles. The molecule has 0 aromatic rings. The Hall–Kier alpha value is -0.497. The van der Waals surface area contributed by atoms with E-state index in [1.165, 1.54) is 6.92 Å². The second-order valence-corrected chi connectivity index (χ2v) is 3.00. The van der Waals surface area contributed by atoms with E-state index in [9.17, 15) is 9.59 Å². The molecule has 76 valence electrons. The van der Waals surface area contributed by atoms with Crippen molar-refractivity contribution in [2.45, 2.75) is 39.5 Å². The molecule has 0 fully saturated rings. The van der Waals surface area contributed by atoms with E-state index in [0.717, 1.165) is 19.3 Å². The van der Waals surface area contributed by atoms with E-state index in [1.807, 2.05) is 6.92 Å². The summed E-state index contributed by atoms with van der Waals surface area (Å²) in [6.45, 7) is 6.94. The van der Waals surface area contributed by atoms with E-state index in [1.54, 1.807) is 0 Å². The van der Waals surface area contributed by atoms with Gasteiger partial charge >= 0.3 is 11.9 Å². The van der Waals surface area contributed by atoms with E-state index >= 15 is 0 Å². The molecule has 0 unspecified atom stereocenters. The van der Waals surface area contributed by atoms with Gasteiger partial charge in [0.25, 0.3) is 0 Å². The molecule has 14 heavy (non-hydrogen) atoms. The standard InChI is InChI=1S/C10H16O3.Zn/c1-4-5-6-7-9(11)13-10(12)8(2)3;/h2,4-7H2,1,3H3;. The summed E-state index contributed by atoms with van der Waals surface area (Å²) in [6, 6.07) is 0. The fourth-order valence-corrected chi connectivity index (χ4v) is 0.761. The molecule has 0 amide bonds. The average molecular weight is 250 g/mol. The third-order valence-corrected chi connectivity index (χ3v) is 1.54. The Morgan fingerprint density at radius 1 is 1.29 bits per heavy atom. The van der Waals surface area contributed by atoms with Crippen molar-refractivity contribution in [1.29, 1.82) is 0 Å². The van der Waals surface area contributed by atoms with Gasteiger partial charge in [0.1, 0.15) is 0 Å². The van der Waals surface area contributed by atoms with E-state index in [4.69, 9.17) is 0 Å². The number of hydrogen-bond acceptors (Lipinski definition) is 3. The zero-order valence-corrected chi connectivity index (χ0v) is 11.9. The van der Waals surface area contributed by atoms with Crippen LogP contribution in [0.1, 0.15) is 39.5 Å². The smallest absolute Gasteiger partial charge is 0.340 e. The predicted octanol–water partition coefficient (Wildman–Crippen LogP) is 2.21. The zero-order valence-electron chi connectivity index (χ0n) is 8.97. The van der Waals surface area contributed by atoms with Gasteiger partial charge in [-0.05, 0) is 13.3 Å². The first-order valence-corrected chi connectivity index (χ1v) is 4.48. The maximum Gasteiger partial charge on any atom is 0.340 e. The van der Waals surface area contributed by atoms with Gasteiger partial charge in [-0.3, -0.25) is 4.79 Å². The van der Waals surface area contributed by atoms with Gasteiger partial charge < -0.3 is 4.74 Å². The zero-order chi connectivity index (χ0) is 10.3. The van der Waals surface area contributed by atoms with Crippen LogP contribution in [-0.2, 0) is 33.8 Å². The number of carbonyl (C=O) groups excluding carboxylic acids is 2. The van der Waals surface area contributed by atoms with Crippen LogP contribution in [-0.4, -0.2) is 11.9 Å². The van der Waals surface area contributed by atoms with Gasteiger partial charge in [-0.1, -0.05) is 26.3 Å². The van der Waals surface area contributed by atoms with Crippen molar-refractivity contribution >= 4 is 11.9 Å². The maximum absolute atomic E-state index is 10.9. The SMILES string of the molecule is C=C(C)C(=O)OC(=O)CCCCC.[Zn]. The maximum atomic E-state index is 10.9. The molecule has 0 saturated carbocycles. The van der Waals surface area contributed by atoms with Crippen LogP contribution in [0.25, 0.3) is 0 Å². The Morgan fingerprint density at radius 3 is 2.29 bits per heavy atom. The van der Waals surface area contributed by atoms with Gasteiger partial charge in [0, 0.05) is 31.5 Å². The Bertz CT molecular complexity index is 211. The van der Waals surface area contributed by atoms with Crippen molar-refractivity contribution in [2.24, 2.45) is 0 Å². The molecule has 0 rings (SSSR count). The third kappa shape index (κ3) is 8.12. The molecule has 0 radical (unpaired) electrons. The van der Waals surface area contributed by atoms with Crippen molar-refractivity contribution < 1.29 is 33.8 Å². The van der Waals surface area contributed by atoms with Crippen LogP contribution in [0.15, 0.2) is 12.2 Å². The summed E-state index contributed by atoms with van der Waals surface area (Å²) in [5, 5.41) is 0. The minimum atomic E-state index is -0.624. The number of hydrogen-bond donors (Lipinski definition) is 0. The van der Waals surface area contributed by atoms with Crippen LogP contribution in [0.4, 0.5) is 0 Å². The molecule has 0 aromatic carbocycles. The summed E-state index contributed by atoms with van der Waals surface area (Å²) >= 11 is 0. The van der Waals surface area contributed by atoms with Crippen molar-refractivity contribution in [3.8, 4) is 0 Å². The molecule has 0 N–H and O–H groups in total. The van der Waals surface area contributed by atoms with Crippen molar-refractivity contribution in [3.63, 3.8) is 0 Å².